The summed E-state index contributed by atoms with van der Waals surface area (Å²) in [7, 11) is 0. The zero-order valence-corrected chi connectivity index (χ0v) is 30.8. The molecule has 0 aliphatic heterocycles. The fourth-order valence-corrected chi connectivity index (χ4v) is 9.08. The Kier molecular flexibility index (Phi) is 7.60. The third kappa shape index (κ3) is 5.22. The molecule has 0 saturated carbocycles. The van der Waals surface area contributed by atoms with Crippen LogP contribution >= 0.6 is 0 Å². The van der Waals surface area contributed by atoms with Crippen LogP contribution in [0.2, 0.25) is 0 Å². The van der Waals surface area contributed by atoms with E-state index in [-0.39, 0.29) is 0 Å². The highest BCUT2D eigenvalue weighted by Gasteiger charge is 2.23. The van der Waals surface area contributed by atoms with Crippen LogP contribution in [0.4, 0.5) is 0 Å². The molecule has 0 heterocycles. The molecule has 0 amide bonds. The number of benzene rings is 10. The lowest BCUT2D eigenvalue weighted by atomic mass is 9.79. The summed E-state index contributed by atoms with van der Waals surface area (Å²) in [5.74, 6) is 0. The predicted octanol–water partition coefficient (Wildman–Crippen LogP) is 15.6. The quantitative estimate of drug-likeness (QED) is 0.160. The Morgan fingerprint density at radius 3 is 0.839 bits per heavy atom. The van der Waals surface area contributed by atoms with E-state index < -0.39 is 0 Å². The van der Waals surface area contributed by atoms with Crippen LogP contribution in [-0.4, -0.2) is 0 Å². The third-order valence-corrected chi connectivity index (χ3v) is 11.7. The molecule has 0 bridgehead atoms. The van der Waals surface area contributed by atoms with Crippen molar-refractivity contribution >= 4 is 21.5 Å². The van der Waals surface area contributed by atoms with Gasteiger partial charge in [-0.1, -0.05) is 212 Å². The van der Waals surface area contributed by atoms with E-state index in [0.29, 0.717) is 0 Å². The van der Waals surface area contributed by atoms with Gasteiger partial charge in [0.25, 0.3) is 0 Å². The first kappa shape index (κ1) is 32.2. The minimum absolute atomic E-state index is 1.21. The van der Waals surface area contributed by atoms with Crippen LogP contribution in [0, 0.1) is 0 Å². The monoisotopic (exact) mass is 708 g/mol. The molecular weight excluding hydrogens is 673 g/mol. The van der Waals surface area contributed by atoms with Gasteiger partial charge in [0.05, 0.1) is 0 Å². The van der Waals surface area contributed by atoms with Crippen LogP contribution in [0.3, 0.4) is 0 Å². The molecule has 1 aliphatic carbocycles. The van der Waals surface area contributed by atoms with Crippen LogP contribution in [0.5, 0.6) is 0 Å². The molecule has 1 aliphatic rings. The molecule has 0 atom stereocenters. The smallest absolute Gasteiger partial charge is 0.00261 e. The second kappa shape index (κ2) is 13.2. The van der Waals surface area contributed by atoms with Gasteiger partial charge < -0.3 is 0 Å². The van der Waals surface area contributed by atoms with Crippen molar-refractivity contribution in [3.8, 4) is 89.0 Å². The molecule has 0 saturated heterocycles. The summed E-state index contributed by atoms with van der Waals surface area (Å²) >= 11 is 0. The Labute approximate surface area is 327 Å². The third-order valence-electron chi connectivity index (χ3n) is 11.7. The van der Waals surface area contributed by atoms with Crippen molar-refractivity contribution < 1.29 is 0 Å². The lowest BCUT2D eigenvalue weighted by Gasteiger charge is -2.24. The molecular formula is C56H36. The molecule has 0 N–H and O–H groups in total. The van der Waals surface area contributed by atoms with Gasteiger partial charge in [0.2, 0.25) is 0 Å². The molecule has 10 aromatic carbocycles. The van der Waals surface area contributed by atoms with Crippen LogP contribution in [0.25, 0.3) is 111 Å². The maximum Gasteiger partial charge on any atom is -0.00261 e. The van der Waals surface area contributed by atoms with Gasteiger partial charge in [-0.25, -0.2) is 0 Å². The van der Waals surface area contributed by atoms with Gasteiger partial charge >= 0.3 is 0 Å². The lowest BCUT2D eigenvalue weighted by molar-refractivity contribution is 1.52. The van der Waals surface area contributed by atoms with Crippen molar-refractivity contribution in [2.75, 3.05) is 0 Å². The van der Waals surface area contributed by atoms with Gasteiger partial charge in [-0.2, -0.15) is 0 Å². The molecule has 56 heavy (non-hydrogen) atoms. The van der Waals surface area contributed by atoms with Crippen molar-refractivity contribution in [1.29, 1.82) is 0 Å². The van der Waals surface area contributed by atoms with Gasteiger partial charge in [-0.15, -0.1) is 0 Å². The van der Waals surface area contributed by atoms with Crippen LogP contribution < -0.4 is 0 Å². The molecule has 0 spiro atoms. The molecule has 0 aromatic heterocycles. The zero-order chi connectivity index (χ0) is 37.0. The van der Waals surface area contributed by atoms with Crippen molar-refractivity contribution in [3.05, 3.63) is 218 Å². The van der Waals surface area contributed by atoms with Gasteiger partial charge in [-0.05, 0) is 117 Å². The summed E-state index contributed by atoms with van der Waals surface area (Å²) in [5, 5.41) is 5.03. The topological polar surface area (TPSA) is 0 Å². The van der Waals surface area contributed by atoms with Crippen LogP contribution in [0.1, 0.15) is 0 Å². The van der Waals surface area contributed by atoms with E-state index in [1.54, 1.807) is 0 Å². The Hall–Kier alpha value is -7.28. The first-order chi connectivity index (χ1) is 27.8. The fraction of sp³-hybridized carbons (Fsp3) is 0. The van der Waals surface area contributed by atoms with Crippen LogP contribution in [0.15, 0.2) is 218 Å². The fourth-order valence-electron chi connectivity index (χ4n) is 9.08. The Morgan fingerprint density at radius 1 is 0.161 bits per heavy atom. The summed E-state index contributed by atoms with van der Waals surface area (Å²) in [6.07, 6.45) is 0. The molecule has 0 unspecified atom stereocenters. The highest BCUT2D eigenvalue weighted by atomic mass is 14.3. The second-order valence-electron chi connectivity index (χ2n) is 14.8. The van der Waals surface area contributed by atoms with Gasteiger partial charge in [0.1, 0.15) is 0 Å². The molecule has 10 aromatic rings. The highest BCUT2D eigenvalue weighted by molar-refractivity contribution is 6.22. The van der Waals surface area contributed by atoms with Crippen molar-refractivity contribution in [1.82, 2.24) is 0 Å². The minimum Gasteiger partial charge on any atom is -0.0622 e. The maximum atomic E-state index is 2.45. The van der Waals surface area contributed by atoms with Crippen molar-refractivity contribution in [2.24, 2.45) is 0 Å². The molecule has 0 heteroatoms. The second-order valence-corrected chi connectivity index (χ2v) is 14.8. The van der Waals surface area contributed by atoms with Crippen molar-refractivity contribution in [3.63, 3.8) is 0 Å². The first-order valence-electron chi connectivity index (χ1n) is 19.4. The Bertz CT molecular complexity index is 3030. The largest absolute Gasteiger partial charge is 0.0622 e. The van der Waals surface area contributed by atoms with Gasteiger partial charge in [0, 0.05) is 0 Å². The lowest BCUT2D eigenvalue weighted by Crippen LogP contribution is -1.97. The normalized spacial score (nSPS) is 11.6. The zero-order valence-electron chi connectivity index (χ0n) is 30.8. The predicted molar refractivity (Wildman–Crippen MR) is 238 cm³/mol. The van der Waals surface area contributed by atoms with Gasteiger partial charge in [0.15, 0.2) is 0 Å². The standard InChI is InChI=1S/C56H36/c1-2-14-37(15-3-1)38-26-28-39(29-27-38)40-30-32-41(33-31-40)55-50-22-10-12-24-52(50)56(53-25-13-11-23-51(53)55)42-34-35-49-47-20-7-6-18-45(47)43-16-4-5-17-44(43)46-19-8-9-21-48(46)54(49)36-42/h1-36H. The summed E-state index contributed by atoms with van der Waals surface area (Å²) in [6.45, 7) is 0. The molecule has 11 rings (SSSR count). The van der Waals surface area contributed by atoms with Crippen LogP contribution in [-0.2, 0) is 0 Å². The maximum absolute atomic E-state index is 2.45. The van der Waals surface area contributed by atoms with E-state index in [4.69, 9.17) is 0 Å². The number of hydrogen-bond acceptors (Lipinski definition) is 0. The average molecular weight is 709 g/mol. The van der Waals surface area contributed by atoms with E-state index in [1.165, 1.54) is 111 Å². The molecule has 260 valence electrons. The van der Waals surface area contributed by atoms with E-state index >= 15 is 0 Å². The number of fused-ring (bicyclic) bond motifs is 10. The molecule has 0 nitrogen and oxygen atoms in total. The molecule has 0 fully saturated rings. The molecule has 0 radical (unpaired) electrons. The Balaban J connectivity index is 1.08. The summed E-state index contributed by atoms with van der Waals surface area (Å²) in [6, 6.07) is 80.3. The van der Waals surface area contributed by atoms with E-state index in [0.717, 1.165) is 0 Å². The van der Waals surface area contributed by atoms with Gasteiger partial charge in [-0.3, -0.25) is 0 Å². The SMILES string of the molecule is c1ccc(-c2ccc(-c3ccc(-c4c5ccccc5c(-c5ccc6c(c5)-c5ccccc5-c5ccccc5-c5ccccc5-6)c5ccccc45)cc3)cc2)cc1. The average Bonchev–Trinajstić information content (AvgIpc) is 3.28. The first-order valence-corrected chi connectivity index (χ1v) is 19.4. The van der Waals surface area contributed by atoms with E-state index in [2.05, 4.69) is 218 Å². The summed E-state index contributed by atoms with van der Waals surface area (Å²) in [5.41, 5.74) is 20.0. The summed E-state index contributed by atoms with van der Waals surface area (Å²) in [4.78, 5) is 0. The minimum atomic E-state index is 1.21. The Morgan fingerprint density at radius 2 is 0.429 bits per heavy atom. The highest BCUT2D eigenvalue weighted by Crippen LogP contribution is 2.50. The number of rotatable bonds is 4. The van der Waals surface area contributed by atoms with E-state index in [1.807, 2.05) is 0 Å². The van der Waals surface area contributed by atoms with Crippen molar-refractivity contribution in [2.45, 2.75) is 0 Å². The summed E-state index contributed by atoms with van der Waals surface area (Å²) < 4.78 is 0. The van der Waals surface area contributed by atoms with E-state index in [9.17, 15) is 0 Å². The number of hydrogen-bond donors (Lipinski definition) is 0.